The van der Waals surface area contributed by atoms with Gasteiger partial charge in [-0.3, -0.25) is 9.59 Å². The van der Waals surface area contributed by atoms with Crippen LogP contribution in [0.4, 0.5) is 10.1 Å². The Kier molecular flexibility index (Phi) is 5.64. The molecule has 0 saturated carbocycles. The zero-order chi connectivity index (χ0) is 18.4. The fourth-order valence-corrected chi connectivity index (χ4v) is 2.09. The Bertz CT molecular complexity index is 863. The summed E-state index contributed by atoms with van der Waals surface area (Å²) < 4.78 is 12.9. The number of hydrogen-bond donors (Lipinski definition) is 2. The van der Waals surface area contributed by atoms with Gasteiger partial charge in [-0.25, -0.2) is 4.39 Å². The van der Waals surface area contributed by atoms with E-state index < -0.39 is 11.7 Å². The third-order valence-corrected chi connectivity index (χ3v) is 3.47. The highest BCUT2D eigenvalue weighted by molar-refractivity contribution is 6.10. The van der Waals surface area contributed by atoms with Gasteiger partial charge < -0.3 is 10.4 Å². The van der Waals surface area contributed by atoms with Crippen LogP contribution >= 0.6 is 0 Å². The fraction of sp³-hybridized carbons (Fsp3) is 0.105. The summed E-state index contributed by atoms with van der Waals surface area (Å²) >= 11 is 0. The largest absolute Gasteiger partial charge is 0.511 e. The Morgan fingerprint density at radius 1 is 1.08 bits per heavy atom. The average molecular weight is 338 g/mol. The van der Waals surface area contributed by atoms with E-state index >= 15 is 0 Å². The van der Waals surface area contributed by atoms with Crippen molar-refractivity contribution >= 4 is 17.4 Å². The second kappa shape index (κ2) is 7.88. The van der Waals surface area contributed by atoms with Crippen molar-refractivity contribution in [2.45, 2.75) is 13.3 Å². The van der Waals surface area contributed by atoms with E-state index in [1.807, 2.05) is 0 Å². The molecule has 5 nitrogen and oxygen atoms in total. The van der Waals surface area contributed by atoms with E-state index in [1.54, 1.807) is 13.0 Å². The smallest absolute Gasteiger partial charge is 0.269 e. The van der Waals surface area contributed by atoms with Crippen molar-refractivity contribution in [1.82, 2.24) is 0 Å². The molecule has 0 bridgehead atoms. The first-order chi connectivity index (χ1) is 12.0. The molecule has 2 rings (SSSR count). The number of nitriles is 1. The molecular weight excluding hydrogens is 323 g/mol. The highest BCUT2D eigenvalue weighted by atomic mass is 19.1. The molecule has 0 saturated heterocycles. The van der Waals surface area contributed by atoms with E-state index in [1.165, 1.54) is 48.5 Å². The van der Waals surface area contributed by atoms with Gasteiger partial charge in [0.1, 0.15) is 17.6 Å². The molecule has 0 radical (unpaired) electrons. The van der Waals surface area contributed by atoms with Crippen molar-refractivity contribution in [3.05, 3.63) is 76.8 Å². The lowest BCUT2D eigenvalue weighted by atomic mass is 10.0. The van der Waals surface area contributed by atoms with Gasteiger partial charge in [-0.15, -0.1) is 0 Å². The van der Waals surface area contributed by atoms with Gasteiger partial charge in [-0.1, -0.05) is 6.92 Å². The van der Waals surface area contributed by atoms with Gasteiger partial charge in [0.05, 0.1) is 0 Å². The van der Waals surface area contributed by atoms with Crippen LogP contribution in [0, 0.1) is 17.1 Å². The van der Waals surface area contributed by atoms with E-state index in [4.69, 9.17) is 5.26 Å². The lowest BCUT2D eigenvalue weighted by molar-refractivity contribution is -0.112. The molecule has 6 heteroatoms. The second-order valence-corrected chi connectivity index (χ2v) is 5.15. The Labute approximate surface area is 144 Å². The summed E-state index contributed by atoms with van der Waals surface area (Å²) in [5.41, 5.74) is 0.740. The summed E-state index contributed by atoms with van der Waals surface area (Å²) in [6, 6.07) is 12.9. The third-order valence-electron chi connectivity index (χ3n) is 3.47. The molecule has 0 fully saturated rings. The molecule has 2 N–H and O–H groups in total. The van der Waals surface area contributed by atoms with Crippen molar-refractivity contribution < 1.29 is 19.1 Å². The molecule has 0 aliphatic heterocycles. The number of allylic oxidation sites excluding steroid dienone is 1. The molecule has 2 aromatic carbocycles. The number of anilines is 1. The van der Waals surface area contributed by atoms with E-state index in [-0.39, 0.29) is 23.5 Å². The van der Waals surface area contributed by atoms with Crippen LogP contribution < -0.4 is 5.32 Å². The molecule has 0 aromatic heterocycles. The monoisotopic (exact) mass is 338 g/mol. The lowest BCUT2D eigenvalue weighted by Crippen LogP contribution is -2.15. The predicted octanol–water partition coefficient (Wildman–Crippen LogP) is 3.74. The van der Waals surface area contributed by atoms with Gasteiger partial charge >= 0.3 is 0 Å². The summed E-state index contributed by atoms with van der Waals surface area (Å²) in [4.78, 5) is 24.2. The minimum absolute atomic E-state index is 0.168. The fourth-order valence-electron chi connectivity index (χ4n) is 2.09. The van der Waals surface area contributed by atoms with Gasteiger partial charge in [0, 0.05) is 23.2 Å². The minimum atomic E-state index is -0.723. The van der Waals surface area contributed by atoms with Crippen LogP contribution in [0.5, 0.6) is 0 Å². The first kappa shape index (κ1) is 17.9. The summed E-state index contributed by atoms with van der Waals surface area (Å²) in [5.74, 6) is -1.71. The van der Waals surface area contributed by atoms with Crippen molar-refractivity contribution in [1.29, 1.82) is 5.26 Å². The van der Waals surface area contributed by atoms with Gasteiger partial charge in [-0.05, 0) is 48.5 Å². The maximum Gasteiger partial charge on any atom is 0.269 e. The molecule has 126 valence electrons. The normalized spacial score (nSPS) is 11.2. The van der Waals surface area contributed by atoms with Crippen LogP contribution in [0.2, 0.25) is 0 Å². The van der Waals surface area contributed by atoms with Crippen LogP contribution in [-0.4, -0.2) is 16.8 Å². The molecule has 0 aliphatic rings. The molecule has 0 spiro atoms. The molecule has 0 heterocycles. The topological polar surface area (TPSA) is 90.2 Å². The first-order valence-corrected chi connectivity index (χ1v) is 7.50. The Morgan fingerprint density at radius 2 is 1.60 bits per heavy atom. The molecule has 25 heavy (non-hydrogen) atoms. The van der Waals surface area contributed by atoms with Crippen molar-refractivity contribution in [2.75, 3.05) is 5.32 Å². The Balaban J connectivity index is 2.15. The highest BCUT2D eigenvalue weighted by Crippen LogP contribution is 2.16. The SMILES string of the molecule is CC/C(O)=C(\C#N)C(=O)Nc1ccc(C(=O)c2ccc(F)cc2)cc1. The van der Waals surface area contributed by atoms with Gasteiger partial charge in [0.25, 0.3) is 5.91 Å². The quantitative estimate of drug-likeness (QED) is 0.376. The van der Waals surface area contributed by atoms with Gasteiger partial charge in [0.15, 0.2) is 11.4 Å². The number of amides is 1. The van der Waals surface area contributed by atoms with E-state index in [0.29, 0.717) is 16.8 Å². The first-order valence-electron chi connectivity index (χ1n) is 7.50. The van der Waals surface area contributed by atoms with Crippen molar-refractivity contribution in [2.24, 2.45) is 0 Å². The maximum absolute atomic E-state index is 12.9. The van der Waals surface area contributed by atoms with E-state index in [2.05, 4.69) is 5.32 Å². The summed E-state index contributed by atoms with van der Waals surface area (Å²) in [6.07, 6.45) is 0.168. The van der Waals surface area contributed by atoms with Crippen LogP contribution in [0.1, 0.15) is 29.3 Å². The molecule has 2 aromatic rings. The summed E-state index contributed by atoms with van der Waals surface area (Å²) in [7, 11) is 0. The minimum Gasteiger partial charge on any atom is -0.511 e. The Hall–Kier alpha value is -3.46. The van der Waals surface area contributed by atoms with Crippen LogP contribution in [0.15, 0.2) is 59.9 Å². The average Bonchev–Trinajstić information content (AvgIpc) is 2.62. The molecule has 0 unspecified atom stereocenters. The number of benzene rings is 2. The molecule has 0 aliphatic carbocycles. The number of aliphatic hydroxyl groups is 1. The zero-order valence-corrected chi connectivity index (χ0v) is 13.4. The summed E-state index contributed by atoms with van der Waals surface area (Å²) in [6.45, 7) is 1.62. The van der Waals surface area contributed by atoms with Gasteiger partial charge in [-0.2, -0.15) is 5.26 Å². The molecule has 0 atom stereocenters. The van der Waals surface area contributed by atoms with Crippen molar-refractivity contribution in [3.63, 3.8) is 0 Å². The number of hydrogen-bond acceptors (Lipinski definition) is 4. The number of aliphatic hydroxyl groups excluding tert-OH is 1. The van der Waals surface area contributed by atoms with E-state index in [0.717, 1.165) is 0 Å². The number of rotatable bonds is 5. The van der Waals surface area contributed by atoms with E-state index in [9.17, 15) is 19.1 Å². The molecule has 1 amide bonds. The predicted molar refractivity (Wildman–Crippen MR) is 90.5 cm³/mol. The van der Waals surface area contributed by atoms with Crippen LogP contribution in [0.3, 0.4) is 0 Å². The number of halogens is 1. The van der Waals surface area contributed by atoms with Crippen LogP contribution in [-0.2, 0) is 4.79 Å². The number of nitrogens with zero attached hydrogens (tertiary/aromatic N) is 1. The molecular formula is C19H15FN2O3. The maximum atomic E-state index is 12.9. The number of ketones is 1. The standard InChI is InChI=1S/C19H15FN2O3/c1-2-17(23)16(11-21)19(25)22-15-9-5-13(6-10-15)18(24)12-3-7-14(20)8-4-12/h3-10,23H,2H2,1H3,(H,22,25)/b17-16-. The van der Waals surface area contributed by atoms with Crippen molar-refractivity contribution in [3.8, 4) is 6.07 Å². The number of carbonyl (C=O) groups excluding carboxylic acids is 2. The number of nitrogens with one attached hydrogen (secondary N) is 1. The van der Waals surface area contributed by atoms with Crippen LogP contribution in [0.25, 0.3) is 0 Å². The Morgan fingerprint density at radius 3 is 2.08 bits per heavy atom. The highest BCUT2D eigenvalue weighted by Gasteiger charge is 2.15. The number of carbonyl (C=O) groups is 2. The zero-order valence-electron chi connectivity index (χ0n) is 13.4. The second-order valence-electron chi connectivity index (χ2n) is 5.15. The lowest BCUT2D eigenvalue weighted by Gasteiger charge is -2.07. The summed E-state index contributed by atoms with van der Waals surface area (Å²) in [5, 5.41) is 21.0. The third kappa shape index (κ3) is 4.30. The van der Waals surface area contributed by atoms with Gasteiger partial charge in [0.2, 0.25) is 0 Å².